The number of aromatic nitrogens is 1. The van der Waals surface area contributed by atoms with Gasteiger partial charge in [-0.1, -0.05) is 0 Å². The van der Waals surface area contributed by atoms with Crippen LogP contribution in [0.1, 0.15) is 31.4 Å². The molecular formula is C21H29N3O3. The van der Waals surface area contributed by atoms with Crippen molar-refractivity contribution in [3.8, 4) is 5.75 Å². The van der Waals surface area contributed by atoms with Gasteiger partial charge in [0, 0.05) is 56.3 Å². The van der Waals surface area contributed by atoms with Gasteiger partial charge in [-0.05, 0) is 38.7 Å². The Labute approximate surface area is 160 Å². The third-order valence-corrected chi connectivity index (χ3v) is 5.68. The summed E-state index contributed by atoms with van der Waals surface area (Å²) >= 11 is 0. The van der Waals surface area contributed by atoms with Crippen molar-refractivity contribution in [3.05, 3.63) is 34.1 Å². The van der Waals surface area contributed by atoms with E-state index >= 15 is 0 Å². The normalized spacial score (nSPS) is 19.7. The zero-order valence-electron chi connectivity index (χ0n) is 16.8. The predicted molar refractivity (Wildman–Crippen MR) is 109 cm³/mol. The number of pyridine rings is 1. The van der Waals surface area contributed by atoms with Crippen LogP contribution in [0.5, 0.6) is 5.75 Å². The largest absolute Gasteiger partial charge is 0.495 e. The smallest absolute Gasteiger partial charge is 0.225 e. The first-order valence-electron chi connectivity index (χ1n) is 9.47. The van der Waals surface area contributed by atoms with Crippen molar-refractivity contribution in [2.45, 2.75) is 38.6 Å². The van der Waals surface area contributed by atoms with Crippen molar-refractivity contribution >= 4 is 22.5 Å². The van der Waals surface area contributed by atoms with Gasteiger partial charge in [-0.3, -0.25) is 9.59 Å². The SMILES string of the molecule is COc1cc2[nH]c(C)cc(=O)c2cc1N(C)C1CCC(C(=O)N(C)C)CC1. The number of nitrogens with one attached hydrogen (secondary N) is 1. The van der Waals surface area contributed by atoms with Crippen LogP contribution < -0.4 is 15.1 Å². The minimum absolute atomic E-state index is 0.0128. The first-order valence-corrected chi connectivity index (χ1v) is 9.47. The van der Waals surface area contributed by atoms with E-state index in [2.05, 4.69) is 9.88 Å². The number of anilines is 1. The molecule has 0 aliphatic heterocycles. The van der Waals surface area contributed by atoms with Gasteiger partial charge in [-0.2, -0.15) is 0 Å². The van der Waals surface area contributed by atoms with Gasteiger partial charge in [0.05, 0.1) is 18.3 Å². The van der Waals surface area contributed by atoms with Gasteiger partial charge in [0.1, 0.15) is 5.75 Å². The number of aryl methyl sites for hydroxylation is 1. The molecule has 1 aromatic carbocycles. The number of carbonyl (C=O) groups is 1. The lowest BCUT2D eigenvalue weighted by molar-refractivity contribution is -0.134. The number of carbonyl (C=O) groups excluding carboxylic acids is 1. The average Bonchev–Trinajstić information content (AvgIpc) is 2.65. The molecule has 1 aromatic heterocycles. The van der Waals surface area contributed by atoms with Gasteiger partial charge >= 0.3 is 0 Å². The third kappa shape index (κ3) is 3.80. The van der Waals surface area contributed by atoms with Crippen LogP contribution in [0.25, 0.3) is 10.9 Å². The van der Waals surface area contributed by atoms with Gasteiger partial charge < -0.3 is 19.5 Å². The molecule has 0 radical (unpaired) electrons. The molecule has 2 aromatic rings. The van der Waals surface area contributed by atoms with Crippen LogP contribution in [-0.4, -0.2) is 50.1 Å². The number of ether oxygens (including phenoxy) is 1. The molecule has 1 amide bonds. The molecule has 0 unspecified atom stereocenters. The average molecular weight is 371 g/mol. The number of amides is 1. The van der Waals surface area contributed by atoms with Crippen LogP contribution in [0.3, 0.4) is 0 Å². The minimum atomic E-state index is 0.0128. The Bertz CT molecular complexity index is 895. The lowest BCUT2D eigenvalue weighted by Crippen LogP contribution is -2.39. The van der Waals surface area contributed by atoms with Crippen LogP contribution in [-0.2, 0) is 4.79 Å². The van der Waals surface area contributed by atoms with Crippen LogP contribution in [0.15, 0.2) is 23.0 Å². The first kappa shape index (κ1) is 19.3. The molecule has 27 heavy (non-hydrogen) atoms. The van der Waals surface area contributed by atoms with E-state index in [1.165, 1.54) is 0 Å². The van der Waals surface area contributed by atoms with Gasteiger partial charge in [-0.15, -0.1) is 0 Å². The second-order valence-corrected chi connectivity index (χ2v) is 7.74. The van der Waals surface area contributed by atoms with E-state index in [9.17, 15) is 9.59 Å². The molecule has 1 fully saturated rings. The molecule has 146 valence electrons. The van der Waals surface area contributed by atoms with Crippen molar-refractivity contribution in [1.82, 2.24) is 9.88 Å². The Morgan fingerprint density at radius 1 is 1.11 bits per heavy atom. The van der Waals surface area contributed by atoms with Crippen LogP contribution >= 0.6 is 0 Å². The molecule has 6 nitrogen and oxygen atoms in total. The molecule has 0 spiro atoms. The molecule has 1 saturated carbocycles. The molecule has 3 rings (SSSR count). The van der Waals surface area contributed by atoms with E-state index in [1.54, 1.807) is 18.1 Å². The summed E-state index contributed by atoms with van der Waals surface area (Å²) < 4.78 is 5.61. The van der Waals surface area contributed by atoms with Crippen molar-refractivity contribution in [3.63, 3.8) is 0 Å². The fourth-order valence-electron chi connectivity index (χ4n) is 4.11. The number of hydrogen-bond donors (Lipinski definition) is 1. The van der Waals surface area contributed by atoms with E-state index in [-0.39, 0.29) is 17.3 Å². The Morgan fingerprint density at radius 3 is 2.37 bits per heavy atom. The summed E-state index contributed by atoms with van der Waals surface area (Å²) in [5.41, 5.74) is 2.55. The van der Waals surface area contributed by atoms with Gasteiger partial charge in [-0.25, -0.2) is 0 Å². The lowest BCUT2D eigenvalue weighted by atomic mass is 9.84. The number of hydrogen-bond acceptors (Lipinski definition) is 4. The standard InChI is InChI=1S/C21H29N3O3/c1-13-10-19(25)16-11-18(20(27-5)12-17(16)22-13)24(4)15-8-6-14(7-9-15)21(26)23(2)3/h10-12,14-15H,6-9H2,1-5H3,(H,22,25). The summed E-state index contributed by atoms with van der Waals surface area (Å²) in [6.07, 6.45) is 3.68. The molecule has 1 heterocycles. The number of benzene rings is 1. The molecule has 1 aliphatic rings. The summed E-state index contributed by atoms with van der Waals surface area (Å²) in [6.45, 7) is 1.88. The van der Waals surface area contributed by atoms with Crippen molar-refractivity contribution < 1.29 is 9.53 Å². The predicted octanol–water partition coefficient (Wildman–Crippen LogP) is 2.93. The number of nitrogens with zero attached hydrogens (tertiary/aromatic N) is 2. The summed E-state index contributed by atoms with van der Waals surface area (Å²) in [4.78, 5) is 31.8. The van der Waals surface area contributed by atoms with E-state index in [0.717, 1.165) is 48.3 Å². The third-order valence-electron chi connectivity index (χ3n) is 5.68. The first-order chi connectivity index (χ1) is 12.8. The molecule has 1 aliphatic carbocycles. The maximum absolute atomic E-state index is 12.4. The molecule has 0 bridgehead atoms. The molecule has 0 saturated heterocycles. The second-order valence-electron chi connectivity index (χ2n) is 7.74. The van der Waals surface area contributed by atoms with Crippen molar-refractivity contribution in [2.24, 2.45) is 5.92 Å². The Hall–Kier alpha value is -2.50. The number of fused-ring (bicyclic) bond motifs is 1. The van der Waals surface area contributed by atoms with Crippen LogP contribution in [0, 0.1) is 12.8 Å². The van der Waals surface area contributed by atoms with Crippen LogP contribution in [0.2, 0.25) is 0 Å². The van der Waals surface area contributed by atoms with Crippen molar-refractivity contribution in [2.75, 3.05) is 33.2 Å². The van der Waals surface area contributed by atoms with E-state index in [0.29, 0.717) is 11.4 Å². The van der Waals surface area contributed by atoms with E-state index < -0.39 is 0 Å². The maximum atomic E-state index is 12.4. The summed E-state index contributed by atoms with van der Waals surface area (Å²) in [5.74, 6) is 1.09. The summed E-state index contributed by atoms with van der Waals surface area (Å²) in [7, 11) is 7.34. The highest BCUT2D eigenvalue weighted by Gasteiger charge is 2.30. The number of methoxy groups -OCH3 is 1. The molecule has 1 N–H and O–H groups in total. The van der Waals surface area contributed by atoms with E-state index in [1.807, 2.05) is 40.2 Å². The highest BCUT2D eigenvalue weighted by Crippen LogP contribution is 2.36. The van der Waals surface area contributed by atoms with E-state index in [4.69, 9.17) is 4.74 Å². The number of aromatic amines is 1. The van der Waals surface area contributed by atoms with Gasteiger partial charge in [0.25, 0.3) is 0 Å². The fourth-order valence-corrected chi connectivity index (χ4v) is 4.11. The zero-order valence-corrected chi connectivity index (χ0v) is 16.8. The highest BCUT2D eigenvalue weighted by molar-refractivity contribution is 5.86. The van der Waals surface area contributed by atoms with Crippen molar-refractivity contribution in [1.29, 1.82) is 0 Å². The molecular weight excluding hydrogens is 342 g/mol. The number of H-pyrrole nitrogens is 1. The minimum Gasteiger partial charge on any atom is -0.495 e. The van der Waals surface area contributed by atoms with Crippen LogP contribution in [0.4, 0.5) is 5.69 Å². The molecule has 6 heteroatoms. The van der Waals surface area contributed by atoms with Gasteiger partial charge in [0.15, 0.2) is 5.43 Å². The Morgan fingerprint density at radius 2 is 1.78 bits per heavy atom. The molecule has 0 atom stereocenters. The monoisotopic (exact) mass is 371 g/mol. The number of rotatable bonds is 4. The zero-order chi connectivity index (χ0) is 19.7. The lowest BCUT2D eigenvalue weighted by Gasteiger charge is -2.36. The Balaban J connectivity index is 1.86. The second kappa shape index (κ2) is 7.62. The summed E-state index contributed by atoms with van der Waals surface area (Å²) in [6, 6.07) is 5.77. The Kier molecular flexibility index (Phi) is 5.44. The topological polar surface area (TPSA) is 65.6 Å². The summed E-state index contributed by atoms with van der Waals surface area (Å²) in [5, 5.41) is 0.666. The maximum Gasteiger partial charge on any atom is 0.225 e. The van der Waals surface area contributed by atoms with Gasteiger partial charge in [0.2, 0.25) is 5.91 Å². The fraction of sp³-hybridized carbons (Fsp3) is 0.524. The highest BCUT2D eigenvalue weighted by atomic mass is 16.5. The quantitative estimate of drug-likeness (QED) is 0.897.